The SMILES string of the molecule is C[C@@H](NC(=O)CN1Cc2ccc(-c3nc(NC4CCOCC4)ncc3Cl)cc2C1=O)c1cccc[n+]1[O-]. The molecule has 2 aliphatic rings. The standard InChI is InChI=1S/C26H27ClN6O4/c1-16(22-4-2-3-9-33(22)36)29-23(34)15-32-14-18-6-5-17(12-20(18)25(32)35)24-21(27)13-28-26(31-24)30-19-7-10-37-11-8-19/h2-6,9,12-13,16,19H,7-8,10-11,14-15H2,1H3,(H,29,34)(H,28,30,31)/t16-/m1/s1. The molecule has 3 aromatic rings. The molecular weight excluding hydrogens is 496 g/mol. The van der Waals surface area contributed by atoms with Gasteiger partial charge in [0.1, 0.15) is 12.6 Å². The van der Waals surface area contributed by atoms with Crippen LogP contribution in [0, 0.1) is 5.21 Å². The maximum Gasteiger partial charge on any atom is 0.254 e. The predicted octanol–water partition coefficient (Wildman–Crippen LogP) is 2.85. The highest BCUT2D eigenvalue weighted by Crippen LogP contribution is 2.31. The first-order valence-electron chi connectivity index (χ1n) is 12.2. The van der Waals surface area contributed by atoms with Crippen molar-refractivity contribution in [2.75, 3.05) is 25.1 Å². The van der Waals surface area contributed by atoms with Gasteiger partial charge >= 0.3 is 0 Å². The van der Waals surface area contributed by atoms with E-state index >= 15 is 0 Å². The summed E-state index contributed by atoms with van der Waals surface area (Å²) in [7, 11) is 0. The van der Waals surface area contributed by atoms with Crippen molar-refractivity contribution >= 4 is 29.4 Å². The molecule has 11 heteroatoms. The summed E-state index contributed by atoms with van der Waals surface area (Å²) in [6.45, 7) is 3.32. The van der Waals surface area contributed by atoms with Crippen molar-refractivity contribution in [2.45, 2.75) is 38.4 Å². The molecule has 37 heavy (non-hydrogen) atoms. The third-order valence-corrected chi connectivity index (χ3v) is 6.85. The fourth-order valence-corrected chi connectivity index (χ4v) is 4.81. The molecule has 2 amide bonds. The molecule has 0 aliphatic carbocycles. The van der Waals surface area contributed by atoms with E-state index in [1.165, 1.54) is 11.1 Å². The first-order chi connectivity index (χ1) is 17.9. The van der Waals surface area contributed by atoms with Gasteiger partial charge in [0.05, 0.1) is 16.9 Å². The average Bonchev–Trinajstić information content (AvgIpc) is 3.20. The van der Waals surface area contributed by atoms with Gasteiger partial charge in [-0.1, -0.05) is 23.7 Å². The summed E-state index contributed by atoms with van der Waals surface area (Å²) in [6, 6.07) is 10.2. The van der Waals surface area contributed by atoms with Gasteiger partial charge in [0, 0.05) is 49.1 Å². The van der Waals surface area contributed by atoms with Crippen LogP contribution in [-0.4, -0.2) is 52.5 Å². The molecule has 2 aliphatic heterocycles. The maximum atomic E-state index is 13.1. The number of hydrogen-bond donors (Lipinski definition) is 2. The lowest BCUT2D eigenvalue weighted by molar-refractivity contribution is -0.615. The van der Waals surface area contributed by atoms with Gasteiger partial charge < -0.3 is 25.5 Å². The van der Waals surface area contributed by atoms with Crippen molar-refractivity contribution in [1.82, 2.24) is 20.2 Å². The third-order valence-electron chi connectivity index (χ3n) is 6.57. The maximum absolute atomic E-state index is 13.1. The van der Waals surface area contributed by atoms with Crippen molar-refractivity contribution in [2.24, 2.45) is 0 Å². The van der Waals surface area contributed by atoms with E-state index in [0.717, 1.165) is 18.4 Å². The summed E-state index contributed by atoms with van der Waals surface area (Å²) >= 11 is 6.42. The number of fused-ring (bicyclic) bond motifs is 1. The van der Waals surface area contributed by atoms with Crippen molar-refractivity contribution in [3.05, 3.63) is 75.8 Å². The largest absolute Gasteiger partial charge is 0.618 e. The van der Waals surface area contributed by atoms with Gasteiger partial charge in [-0.2, -0.15) is 4.73 Å². The highest BCUT2D eigenvalue weighted by atomic mass is 35.5. The average molecular weight is 523 g/mol. The number of carbonyl (C=O) groups excluding carboxylic acids is 2. The minimum Gasteiger partial charge on any atom is -0.618 e. The number of pyridine rings is 1. The fourth-order valence-electron chi connectivity index (χ4n) is 4.61. The molecule has 4 heterocycles. The van der Waals surface area contributed by atoms with Crippen molar-refractivity contribution in [3.8, 4) is 11.3 Å². The summed E-state index contributed by atoms with van der Waals surface area (Å²) in [4.78, 5) is 36.2. The van der Waals surface area contributed by atoms with Crippen LogP contribution < -0.4 is 15.4 Å². The normalized spacial score (nSPS) is 16.4. The lowest BCUT2D eigenvalue weighted by Crippen LogP contribution is -2.42. The Kier molecular flexibility index (Phi) is 7.20. The van der Waals surface area contributed by atoms with Gasteiger partial charge in [0.2, 0.25) is 17.5 Å². The zero-order valence-corrected chi connectivity index (χ0v) is 21.1. The number of amides is 2. The van der Waals surface area contributed by atoms with E-state index < -0.39 is 6.04 Å². The van der Waals surface area contributed by atoms with Crippen LogP contribution in [0.1, 0.15) is 47.4 Å². The lowest BCUT2D eigenvalue weighted by atomic mass is 10.0. The van der Waals surface area contributed by atoms with Gasteiger partial charge in [-0.15, -0.1) is 0 Å². The van der Waals surface area contributed by atoms with Crippen LogP contribution >= 0.6 is 11.6 Å². The number of ether oxygens (including phenoxy) is 1. The number of anilines is 1. The molecule has 1 fully saturated rings. The molecule has 10 nitrogen and oxygen atoms in total. The summed E-state index contributed by atoms with van der Waals surface area (Å²) in [5, 5.41) is 18.5. The Hall–Kier alpha value is -3.76. The summed E-state index contributed by atoms with van der Waals surface area (Å²) in [5.74, 6) is -0.118. The molecule has 0 unspecified atom stereocenters. The van der Waals surface area contributed by atoms with Crippen LogP contribution in [-0.2, 0) is 16.1 Å². The van der Waals surface area contributed by atoms with Crippen LogP contribution in [0.5, 0.6) is 0 Å². The highest BCUT2D eigenvalue weighted by molar-refractivity contribution is 6.33. The second kappa shape index (κ2) is 10.7. The van der Waals surface area contributed by atoms with E-state index in [2.05, 4.69) is 20.6 Å². The van der Waals surface area contributed by atoms with Gasteiger partial charge in [0.15, 0.2) is 6.20 Å². The Bertz CT molecular complexity index is 1330. The van der Waals surface area contributed by atoms with E-state index in [1.807, 2.05) is 12.1 Å². The number of aromatic nitrogens is 3. The summed E-state index contributed by atoms with van der Waals surface area (Å²) in [5.41, 5.74) is 2.97. The molecule has 0 radical (unpaired) electrons. The number of rotatable bonds is 7. The fraction of sp³-hybridized carbons (Fsp3) is 0.346. The van der Waals surface area contributed by atoms with Crippen LogP contribution in [0.25, 0.3) is 11.3 Å². The zero-order chi connectivity index (χ0) is 25.9. The van der Waals surface area contributed by atoms with E-state index in [1.54, 1.807) is 37.4 Å². The molecule has 0 saturated carbocycles. The van der Waals surface area contributed by atoms with Gasteiger partial charge in [-0.05, 0) is 37.5 Å². The van der Waals surface area contributed by atoms with Gasteiger partial charge in [0.25, 0.3) is 5.91 Å². The number of halogens is 1. The first kappa shape index (κ1) is 24.9. The van der Waals surface area contributed by atoms with Crippen molar-refractivity contribution in [1.29, 1.82) is 0 Å². The number of nitrogens with one attached hydrogen (secondary N) is 2. The minimum absolute atomic E-state index is 0.119. The van der Waals surface area contributed by atoms with Gasteiger partial charge in [-0.25, -0.2) is 9.97 Å². The molecule has 1 saturated heterocycles. The van der Waals surface area contributed by atoms with E-state index in [-0.39, 0.29) is 24.4 Å². The monoisotopic (exact) mass is 522 g/mol. The smallest absolute Gasteiger partial charge is 0.254 e. The molecular formula is C26H27ClN6O4. The van der Waals surface area contributed by atoms with Crippen LogP contribution in [0.2, 0.25) is 5.02 Å². The van der Waals surface area contributed by atoms with Crippen molar-refractivity contribution in [3.63, 3.8) is 0 Å². The molecule has 2 aromatic heterocycles. The topological polar surface area (TPSA) is 123 Å². The second-order valence-corrected chi connectivity index (χ2v) is 9.60. The number of carbonyl (C=O) groups is 2. The molecule has 1 aromatic carbocycles. The van der Waals surface area contributed by atoms with Crippen LogP contribution in [0.15, 0.2) is 48.8 Å². The van der Waals surface area contributed by atoms with E-state index in [9.17, 15) is 14.8 Å². The quantitative estimate of drug-likeness (QED) is 0.361. The summed E-state index contributed by atoms with van der Waals surface area (Å²) in [6.07, 6.45) is 4.68. The Labute approximate surface area is 219 Å². The van der Waals surface area contributed by atoms with E-state index in [4.69, 9.17) is 16.3 Å². The van der Waals surface area contributed by atoms with Crippen molar-refractivity contribution < 1.29 is 19.1 Å². The molecule has 1 atom stereocenters. The molecule has 5 rings (SSSR count). The lowest BCUT2D eigenvalue weighted by Gasteiger charge is -2.23. The number of benzene rings is 1. The Morgan fingerprint density at radius 2 is 2.11 bits per heavy atom. The Balaban J connectivity index is 1.27. The molecule has 0 spiro atoms. The zero-order valence-electron chi connectivity index (χ0n) is 20.3. The van der Waals surface area contributed by atoms with Gasteiger partial charge in [-0.3, -0.25) is 9.59 Å². The van der Waals surface area contributed by atoms with Crippen LogP contribution in [0.4, 0.5) is 5.95 Å². The van der Waals surface area contributed by atoms with Crippen LogP contribution in [0.3, 0.4) is 0 Å². The summed E-state index contributed by atoms with van der Waals surface area (Å²) < 4.78 is 6.12. The third kappa shape index (κ3) is 5.50. The Morgan fingerprint density at radius 1 is 1.30 bits per heavy atom. The first-order valence-corrected chi connectivity index (χ1v) is 12.5. The highest BCUT2D eigenvalue weighted by Gasteiger charge is 2.30. The molecule has 192 valence electrons. The van der Waals surface area contributed by atoms with E-state index in [0.29, 0.717) is 58.0 Å². The Morgan fingerprint density at radius 3 is 2.89 bits per heavy atom. The number of hydrogen-bond acceptors (Lipinski definition) is 7. The molecule has 2 N–H and O–H groups in total. The second-order valence-electron chi connectivity index (χ2n) is 9.19. The molecule has 0 bridgehead atoms. The predicted molar refractivity (Wildman–Crippen MR) is 137 cm³/mol. The minimum atomic E-state index is -0.498. The number of nitrogens with zero attached hydrogens (tertiary/aromatic N) is 4.